The fourth-order valence-electron chi connectivity index (χ4n) is 1.83. The molecule has 0 saturated heterocycles. The zero-order valence-corrected chi connectivity index (χ0v) is 10.6. The molecule has 3 heteroatoms. The molecule has 0 atom stereocenters. The highest BCUT2D eigenvalue weighted by molar-refractivity contribution is 5.53. The Labute approximate surface area is 103 Å². The van der Waals surface area contributed by atoms with Gasteiger partial charge in [0.1, 0.15) is 0 Å². The van der Waals surface area contributed by atoms with Crippen molar-refractivity contribution in [1.29, 1.82) is 0 Å². The molecule has 17 heavy (non-hydrogen) atoms. The minimum atomic E-state index is 0.611. The molecular weight excluding hydrogens is 210 g/mol. The van der Waals surface area contributed by atoms with Crippen molar-refractivity contribution in [2.24, 2.45) is 5.92 Å². The highest BCUT2D eigenvalue weighted by Crippen LogP contribution is 2.17. The van der Waals surface area contributed by atoms with Gasteiger partial charge in [-0.1, -0.05) is 32.0 Å². The second-order valence-electron chi connectivity index (χ2n) is 4.74. The average molecular weight is 229 g/mol. The topological polar surface area (TPSA) is 29.9 Å². The number of anilines is 2. The number of hydrogen-bond donors (Lipinski definition) is 1. The van der Waals surface area contributed by atoms with Crippen molar-refractivity contribution in [3.05, 3.63) is 42.2 Å². The molecule has 0 aliphatic rings. The first kappa shape index (κ1) is 11.7. The van der Waals surface area contributed by atoms with Crippen LogP contribution in [-0.4, -0.2) is 9.55 Å². The van der Waals surface area contributed by atoms with Gasteiger partial charge in [-0.3, -0.25) is 0 Å². The maximum absolute atomic E-state index is 4.51. The standard InChI is InChI=1S/C14H19N3/c1-11(2)9-17-10-12(3)15-14(17)16-13-7-5-4-6-8-13/h4-8,10-11H,9H2,1-3H3,(H,15,16). The second kappa shape index (κ2) is 5.04. The van der Waals surface area contributed by atoms with E-state index >= 15 is 0 Å². The van der Waals surface area contributed by atoms with Crippen molar-refractivity contribution < 1.29 is 0 Å². The van der Waals surface area contributed by atoms with E-state index in [9.17, 15) is 0 Å². The predicted octanol–water partition coefficient (Wildman–Crippen LogP) is 3.59. The summed E-state index contributed by atoms with van der Waals surface area (Å²) >= 11 is 0. The van der Waals surface area contributed by atoms with Crippen molar-refractivity contribution in [3.8, 4) is 0 Å². The molecule has 0 amide bonds. The van der Waals surface area contributed by atoms with Crippen LogP contribution in [0, 0.1) is 12.8 Å². The van der Waals surface area contributed by atoms with Crippen molar-refractivity contribution >= 4 is 11.6 Å². The molecule has 1 N–H and O–H groups in total. The Balaban J connectivity index is 2.20. The summed E-state index contributed by atoms with van der Waals surface area (Å²) in [6.07, 6.45) is 2.09. The summed E-state index contributed by atoms with van der Waals surface area (Å²) < 4.78 is 2.17. The molecule has 1 aromatic carbocycles. The fourth-order valence-corrected chi connectivity index (χ4v) is 1.83. The minimum Gasteiger partial charge on any atom is -0.326 e. The monoisotopic (exact) mass is 229 g/mol. The first-order chi connectivity index (χ1) is 8.15. The van der Waals surface area contributed by atoms with Gasteiger partial charge in [-0.05, 0) is 25.0 Å². The molecule has 1 heterocycles. The van der Waals surface area contributed by atoms with E-state index in [-0.39, 0.29) is 0 Å². The molecule has 0 radical (unpaired) electrons. The number of benzene rings is 1. The Morgan fingerprint density at radius 3 is 2.59 bits per heavy atom. The molecule has 0 fully saturated rings. The maximum Gasteiger partial charge on any atom is 0.207 e. The van der Waals surface area contributed by atoms with Crippen LogP contribution < -0.4 is 5.32 Å². The number of para-hydroxylation sites is 1. The molecule has 3 nitrogen and oxygen atoms in total. The molecule has 2 rings (SSSR count). The van der Waals surface area contributed by atoms with Gasteiger partial charge in [0.25, 0.3) is 0 Å². The lowest BCUT2D eigenvalue weighted by Crippen LogP contribution is -2.07. The lowest BCUT2D eigenvalue weighted by atomic mass is 10.2. The Morgan fingerprint density at radius 2 is 1.94 bits per heavy atom. The molecule has 0 spiro atoms. The van der Waals surface area contributed by atoms with Gasteiger partial charge >= 0.3 is 0 Å². The van der Waals surface area contributed by atoms with Gasteiger partial charge in [0, 0.05) is 18.4 Å². The largest absolute Gasteiger partial charge is 0.326 e. The van der Waals surface area contributed by atoms with Crippen molar-refractivity contribution in [1.82, 2.24) is 9.55 Å². The summed E-state index contributed by atoms with van der Waals surface area (Å²) in [5, 5.41) is 3.35. The van der Waals surface area contributed by atoms with Crippen molar-refractivity contribution in [3.63, 3.8) is 0 Å². The average Bonchev–Trinajstić information content (AvgIpc) is 2.59. The van der Waals surface area contributed by atoms with E-state index in [1.54, 1.807) is 0 Å². The zero-order valence-electron chi connectivity index (χ0n) is 10.6. The Kier molecular flexibility index (Phi) is 3.47. The number of aromatic nitrogens is 2. The van der Waals surface area contributed by atoms with Gasteiger partial charge in [-0.15, -0.1) is 0 Å². The molecule has 1 aromatic heterocycles. The van der Waals surface area contributed by atoms with Crippen molar-refractivity contribution in [2.45, 2.75) is 27.3 Å². The Hall–Kier alpha value is -1.77. The normalized spacial score (nSPS) is 10.8. The molecule has 90 valence electrons. The first-order valence-electron chi connectivity index (χ1n) is 6.01. The molecule has 0 aliphatic carbocycles. The molecule has 2 aromatic rings. The third kappa shape index (κ3) is 3.09. The highest BCUT2D eigenvalue weighted by Gasteiger charge is 2.06. The van der Waals surface area contributed by atoms with Gasteiger partial charge in [0.2, 0.25) is 5.95 Å². The lowest BCUT2D eigenvalue weighted by Gasteiger charge is -2.11. The van der Waals surface area contributed by atoms with Crippen LogP contribution in [0.4, 0.5) is 11.6 Å². The summed E-state index contributed by atoms with van der Waals surface area (Å²) in [4.78, 5) is 4.51. The quantitative estimate of drug-likeness (QED) is 0.868. The smallest absolute Gasteiger partial charge is 0.207 e. The number of nitrogens with zero attached hydrogens (tertiary/aromatic N) is 2. The maximum atomic E-state index is 4.51. The molecule has 0 saturated carbocycles. The summed E-state index contributed by atoms with van der Waals surface area (Å²) in [7, 11) is 0. The number of hydrogen-bond acceptors (Lipinski definition) is 2. The highest BCUT2D eigenvalue weighted by atomic mass is 15.2. The Bertz CT molecular complexity index is 471. The summed E-state index contributed by atoms with van der Waals surface area (Å²) in [5.41, 5.74) is 2.12. The van der Waals surface area contributed by atoms with Crippen LogP contribution >= 0.6 is 0 Å². The van der Waals surface area contributed by atoms with Gasteiger partial charge < -0.3 is 9.88 Å². The molecule has 0 aliphatic heterocycles. The molecule has 0 bridgehead atoms. The van der Waals surface area contributed by atoms with Crippen LogP contribution in [0.2, 0.25) is 0 Å². The number of rotatable bonds is 4. The van der Waals surface area contributed by atoms with Crippen LogP contribution in [0.15, 0.2) is 36.5 Å². The van der Waals surface area contributed by atoms with Crippen LogP contribution in [-0.2, 0) is 6.54 Å². The van der Waals surface area contributed by atoms with E-state index in [0.29, 0.717) is 5.92 Å². The van der Waals surface area contributed by atoms with Gasteiger partial charge in [0.05, 0.1) is 5.69 Å². The summed E-state index contributed by atoms with van der Waals surface area (Å²) in [5.74, 6) is 1.53. The fraction of sp³-hybridized carbons (Fsp3) is 0.357. The third-order valence-corrected chi connectivity index (χ3v) is 2.49. The minimum absolute atomic E-state index is 0.611. The van der Waals surface area contributed by atoms with Crippen LogP contribution in [0.25, 0.3) is 0 Å². The zero-order chi connectivity index (χ0) is 12.3. The lowest BCUT2D eigenvalue weighted by molar-refractivity contribution is 0.527. The van der Waals surface area contributed by atoms with Gasteiger partial charge in [0.15, 0.2) is 0 Å². The third-order valence-electron chi connectivity index (χ3n) is 2.49. The van der Waals surface area contributed by atoms with Crippen LogP contribution in [0.5, 0.6) is 0 Å². The van der Waals surface area contributed by atoms with Crippen LogP contribution in [0.3, 0.4) is 0 Å². The predicted molar refractivity (Wildman–Crippen MR) is 71.5 cm³/mol. The second-order valence-corrected chi connectivity index (χ2v) is 4.74. The molecular formula is C14H19N3. The van der Waals surface area contributed by atoms with E-state index < -0.39 is 0 Å². The van der Waals surface area contributed by atoms with E-state index in [0.717, 1.165) is 23.9 Å². The SMILES string of the molecule is Cc1cn(CC(C)C)c(Nc2ccccc2)n1. The number of imidazole rings is 1. The number of aryl methyl sites for hydroxylation is 1. The summed E-state index contributed by atoms with van der Waals surface area (Å²) in [6.45, 7) is 7.42. The summed E-state index contributed by atoms with van der Waals surface area (Å²) in [6, 6.07) is 10.1. The molecule has 0 unspecified atom stereocenters. The van der Waals surface area contributed by atoms with Crippen molar-refractivity contribution in [2.75, 3.05) is 5.32 Å². The van der Waals surface area contributed by atoms with E-state index in [2.05, 4.69) is 34.9 Å². The van der Waals surface area contributed by atoms with Gasteiger partial charge in [-0.2, -0.15) is 0 Å². The Morgan fingerprint density at radius 1 is 1.24 bits per heavy atom. The van der Waals surface area contributed by atoms with E-state index in [1.165, 1.54) is 0 Å². The van der Waals surface area contributed by atoms with Crippen LogP contribution in [0.1, 0.15) is 19.5 Å². The van der Waals surface area contributed by atoms with Gasteiger partial charge in [-0.25, -0.2) is 4.98 Å². The number of nitrogens with one attached hydrogen (secondary N) is 1. The van der Waals surface area contributed by atoms with E-state index in [4.69, 9.17) is 0 Å². The first-order valence-corrected chi connectivity index (χ1v) is 6.01. The van der Waals surface area contributed by atoms with E-state index in [1.807, 2.05) is 37.3 Å².